The van der Waals surface area contributed by atoms with Crippen molar-refractivity contribution in [3.8, 4) is 5.69 Å². The summed E-state index contributed by atoms with van der Waals surface area (Å²) < 4.78 is 1.89. The second-order valence-electron chi connectivity index (χ2n) is 6.75. The third kappa shape index (κ3) is 3.22. The lowest BCUT2D eigenvalue weighted by atomic mass is 9.95. The molecule has 0 bridgehead atoms. The second-order valence-corrected chi connectivity index (χ2v) is 6.75. The molecule has 2 aromatic rings. The molecule has 5 nitrogen and oxygen atoms in total. The van der Waals surface area contributed by atoms with Gasteiger partial charge in [-0.15, -0.1) is 0 Å². The first kappa shape index (κ1) is 16.7. The first-order valence-corrected chi connectivity index (χ1v) is 8.53. The highest BCUT2D eigenvalue weighted by atomic mass is 16.3. The molecule has 2 atom stereocenters. The van der Waals surface area contributed by atoms with E-state index in [0.29, 0.717) is 13.0 Å². The normalized spacial score (nSPS) is 21.1. The second kappa shape index (κ2) is 6.77. The number of benzene rings is 1. The number of amides is 1. The molecule has 1 aromatic carbocycles. The lowest BCUT2D eigenvalue weighted by Gasteiger charge is -2.34. The number of hydrogen-bond acceptors (Lipinski definition) is 3. The Morgan fingerprint density at radius 3 is 2.67 bits per heavy atom. The highest BCUT2D eigenvalue weighted by molar-refractivity contribution is 5.79. The van der Waals surface area contributed by atoms with Gasteiger partial charge >= 0.3 is 0 Å². The molecule has 24 heavy (non-hydrogen) atoms. The van der Waals surface area contributed by atoms with E-state index in [1.54, 1.807) is 4.90 Å². The van der Waals surface area contributed by atoms with Crippen molar-refractivity contribution in [1.82, 2.24) is 14.7 Å². The third-order valence-corrected chi connectivity index (χ3v) is 5.04. The number of carbonyl (C=O) groups is 1. The van der Waals surface area contributed by atoms with Crippen molar-refractivity contribution >= 4 is 5.91 Å². The van der Waals surface area contributed by atoms with Crippen LogP contribution >= 0.6 is 0 Å². The molecule has 3 rings (SSSR count). The summed E-state index contributed by atoms with van der Waals surface area (Å²) in [6, 6.07) is 9.95. The molecule has 5 heteroatoms. The van der Waals surface area contributed by atoms with Crippen molar-refractivity contribution < 1.29 is 9.90 Å². The Morgan fingerprint density at radius 1 is 1.29 bits per heavy atom. The number of β-amino-alcohol motifs (C(OH)–C–C–N with tert-alkyl or cyclic N) is 1. The van der Waals surface area contributed by atoms with Crippen LogP contribution in [-0.2, 0) is 11.2 Å². The molecule has 0 radical (unpaired) electrons. The van der Waals surface area contributed by atoms with Gasteiger partial charge in [0, 0.05) is 24.3 Å². The van der Waals surface area contributed by atoms with E-state index in [9.17, 15) is 9.90 Å². The monoisotopic (exact) mass is 327 g/mol. The fraction of sp³-hybridized carbons (Fsp3) is 0.474. The van der Waals surface area contributed by atoms with Crippen LogP contribution in [-0.4, -0.2) is 44.9 Å². The fourth-order valence-corrected chi connectivity index (χ4v) is 3.29. The Bertz CT molecular complexity index is 724. The summed E-state index contributed by atoms with van der Waals surface area (Å²) in [5.41, 5.74) is 3.87. The summed E-state index contributed by atoms with van der Waals surface area (Å²) in [4.78, 5) is 14.4. The van der Waals surface area contributed by atoms with Gasteiger partial charge in [0.25, 0.3) is 0 Å². The first-order valence-electron chi connectivity index (χ1n) is 8.53. The Morgan fingerprint density at radius 2 is 2.00 bits per heavy atom. The predicted molar refractivity (Wildman–Crippen MR) is 93.1 cm³/mol. The Balaban J connectivity index is 1.78. The summed E-state index contributed by atoms with van der Waals surface area (Å²) in [6.07, 6.45) is 0.775. The van der Waals surface area contributed by atoms with Crippen LogP contribution in [0.5, 0.6) is 0 Å². The molecule has 1 saturated heterocycles. The topological polar surface area (TPSA) is 58.4 Å². The molecule has 1 aliphatic heterocycles. The zero-order valence-electron chi connectivity index (χ0n) is 14.6. The van der Waals surface area contributed by atoms with Gasteiger partial charge < -0.3 is 10.0 Å². The summed E-state index contributed by atoms with van der Waals surface area (Å²) in [5, 5.41) is 14.6. The zero-order chi connectivity index (χ0) is 17.3. The molecule has 2 unspecified atom stereocenters. The Hall–Kier alpha value is -2.14. The molecule has 2 heterocycles. The van der Waals surface area contributed by atoms with Crippen molar-refractivity contribution in [3.05, 3.63) is 47.3 Å². The average molecular weight is 327 g/mol. The molecule has 0 aliphatic carbocycles. The minimum absolute atomic E-state index is 0.0692. The third-order valence-electron chi connectivity index (χ3n) is 5.04. The van der Waals surface area contributed by atoms with Crippen molar-refractivity contribution in [2.75, 3.05) is 13.1 Å². The van der Waals surface area contributed by atoms with E-state index in [2.05, 4.69) is 5.10 Å². The number of rotatable bonds is 3. The minimum Gasteiger partial charge on any atom is -0.391 e. The molecule has 1 fully saturated rings. The van der Waals surface area contributed by atoms with Crippen molar-refractivity contribution in [3.63, 3.8) is 0 Å². The lowest BCUT2D eigenvalue weighted by molar-refractivity contribution is -0.134. The maximum Gasteiger partial charge on any atom is 0.227 e. The number of para-hydroxylation sites is 1. The van der Waals surface area contributed by atoms with Gasteiger partial charge in [0.05, 0.1) is 23.9 Å². The number of piperidine rings is 1. The summed E-state index contributed by atoms with van der Waals surface area (Å²) in [7, 11) is 0. The van der Waals surface area contributed by atoms with Crippen LogP contribution in [0.3, 0.4) is 0 Å². The molecule has 1 aromatic heterocycles. The summed E-state index contributed by atoms with van der Waals surface area (Å²) >= 11 is 0. The smallest absolute Gasteiger partial charge is 0.227 e. The largest absolute Gasteiger partial charge is 0.391 e. The van der Waals surface area contributed by atoms with Gasteiger partial charge in [-0.05, 0) is 38.3 Å². The van der Waals surface area contributed by atoms with Gasteiger partial charge in [0.1, 0.15) is 0 Å². The zero-order valence-corrected chi connectivity index (χ0v) is 14.6. The van der Waals surface area contributed by atoms with E-state index in [1.807, 2.05) is 55.8 Å². The van der Waals surface area contributed by atoms with Crippen molar-refractivity contribution in [2.24, 2.45) is 5.92 Å². The van der Waals surface area contributed by atoms with Crippen LogP contribution in [0.2, 0.25) is 0 Å². The van der Waals surface area contributed by atoms with Gasteiger partial charge in [0.15, 0.2) is 0 Å². The number of aliphatic hydroxyl groups excluding tert-OH is 1. The van der Waals surface area contributed by atoms with E-state index < -0.39 is 6.10 Å². The number of likely N-dealkylation sites (tertiary alicyclic amines) is 1. The molecule has 1 aliphatic rings. The SMILES string of the molecule is Cc1nn(-c2ccccc2)c(C)c1CC(=O)N1CCC(C)C(O)C1. The van der Waals surface area contributed by atoms with E-state index in [-0.39, 0.29) is 11.8 Å². The number of aromatic nitrogens is 2. The first-order chi connectivity index (χ1) is 11.5. The molecule has 1 amide bonds. The van der Waals surface area contributed by atoms with Crippen LogP contribution in [0, 0.1) is 19.8 Å². The van der Waals surface area contributed by atoms with Crippen LogP contribution in [0.15, 0.2) is 30.3 Å². The van der Waals surface area contributed by atoms with E-state index in [0.717, 1.165) is 35.6 Å². The van der Waals surface area contributed by atoms with Gasteiger partial charge in [-0.3, -0.25) is 4.79 Å². The highest BCUT2D eigenvalue weighted by Gasteiger charge is 2.28. The molecule has 128 valence electrons. The number of hydrogen-bond donors (Lipinski definition) is 1. The minimum atomic E-state index is -0.420. The fourth-order valence-electron chi connectivity index (χ4n) is 3.29. The highest BCUT2D eigenvalue weighted by Crippen LogP contribution is 2.21. The summed E-state index contributed by atoms with van der Waals surface area (Å²) in [5.74, 6) is 0.332. The molecule has 1 N–H and O–H groups in total. The molecule has 0 saturated carbocycles. The molecule has 0 spiro atoms. The van der Waals surface area contributed by atoms with E-state index in [1.165, 1.54) is 0 Å². The van der Waals surface area contributed by atoms with Gasteiger partial charge in [0.2, 0.25) is 5.91 Å². The standard InChI is InChI=1S/C19H25N3O2/c1-13-9-10-21(12-18(13)23)19(24)11-17-14(2)20-22(15(17)3)16-7-5-4-6-8-16/h4-8,13,18,23H,9-12H2,1-3H3. The predicted octanol–water partition coefficient (Wildman–Crippen LogP) is 2.26. The van der Waals surface area contributed by atoms with Gasteiger partial charge in [-0.25, -0.2) is 4.68 Å². The quantitative estimate of drug-likeness (QED) is 0.941. The average Bonchev–Trinajstić information content (AvgIpc) is 2.86. The van der Waals surface area contributed by atoms with E-state index in [4.69, 9.17) is 0 Å². The molecular weight excluding hydrogens is 302 g/mol. The maximum absolute atomic E-state index is 12.6. The number of aliphatic hydroxyl groups is 1. The lowest BCUT2D eigenvalue weighted by Crippen LogP contribution is -2.46. The van der Waals surface area contributed by atoms with E-state index >= 15 is 0 Å². The number of nitrogens with zero attached hydrogens (tertiary/aromatic N) is 3. The van der Waals surface area contributed by atoms with Crippen LogP contribution in [0.4, 0.5) is 0 Å². The Labute approximate surface area is 142 Å². The van der Waals surface area contributed by atoms with Crippen LogP contribution < -0.4 is 0 Å². The van der Waals surface area contributed by atoms with Crippen molar-refractivity contribution in [2.45, 2.75) is 39.7 Å². The van der Waals surface area contributed by atoms with Crippen LogP contribution in [0.25, 0.3) is 5.69 Å². The van der Waals surface area contributed by atoms with Gasteiger partial charge in [-0.1, -0.05) is 25.1 Å². The number of aryl methyl sites for hydroxylation is 1. The van der Waals surface area contributed by atoms with Crippen LogP contribution in [0.1, 0.15) is 30.3 Å². The van der Waals surface area contributed by atoms with Crippen molar-refractivity contribution in [1.29, 1.82) is 0 Å². The van der Waals surface area contributed by atoms with Gasteiger partial charge in [-0.2, -0.15) is 5.10 Å². The molecular formula is C19H25N3O2. The maximum atomic E-state index is 12.6. The summed E-state index contributed by atoms with van der Waals surface area (Å²) in [6.45, 7) is 7.14. The Kier molecular flexibility index (Phi) is 4.71. The number of carbonyl (C=O) groups excluding carboxylic acids is 1.